The van der Waals surface area contributed by atoms with Crippen LogP contribution in [0.1, 0.15) is 18.5 Å². The summed E-state index contributed by atoms with van der Waals surface area (Å²) in [6, 6.07) is 3.94. The van der Waals surface area contributed by atoms with Gasteiger partial charge in [0.1, 0.15) is 5.54 Å². The number of ether oxygens (including phenoxy) is 1. The Kier molecular flexibility index (Phi) is 5.12. The van der Waals surface area contributed by atoms with Gasteiger partial charge in [-0.05, 0) is 47.4 Å². The maximum atomic E-state index is 12.3. The van der Waals surface area contributed by atoms with Gasteiger partial charge in [-0.1, -0.05) is 0 Å². The highest BCUT2D eigenvalue weighted by Gasteiger charge is 2.47. The molecule has 1 aromatic heterocycles. The van der Waals surface area contributed by atoms with Crippen LogP contribution in [-0.2, 0) is 16.1 Å². The summed E-state index contributed by atoms with van der Waals surface area (Å²) in [4.78, 5) is 18.9. The Hall–Kier alpha value is -0.980. The number of rotatable bonds is 5. The predicted octanol–water partition coefficient (Wildman–Crippen LogP) is 1.57. The first-order valence-electron chi connectivity index (χ1n) is 6.69. The van der Waals surface area contributed by atoms with Crippen LogP contribution in [0.25, 0.3) is 0 Å². The number of carbonyl (C=O) groups is 1. The number of hydrogen-bond donors (Lipinski definition) is 1. The van der Waals surface area contributed by atoms with Crippen molar-refractivity contribution in [2.45, 2.75) is 24.9 Å². The molecule has 1 fully saturated rings. The number of aromatic nitrogens is 1. The Morgan fingerprint density at radius 2 is 2.40 bits per heavy atom. The van der Waals surface area contributed by atoms with Crippen LogP contribution in [0.5, 0.6) is 0 Å². The highest BCUT2D eigenvalue weighted by Crippen LogP contribution is 2.31. The van der Waals surface area contributed by atoms with Crippen molar-refractivity contribution in [3.8, 4) is 0 Å². The SMILES string of the molecule is CNC(=O)C1(COC)CCCN1Cc1ccc(Br)cn1. The predicted molar refractivity (Wildman–Crippen MR) is 80.3 cm³/mol. The Morgan fingerprint density at radius 3 is 3.00 bits per heavy atom. The molecule has 5 nitrogen and oxygen atoms in total. The number of likely N-dealkylation sites (tertiary alicyclic amines) is 1. The zero-order valence-corrected chi connectivity index (χ0v) is 13.4. The van der Waals surface area contributed by atoms with Gasteiger partial charge in [0, 0.05) is 31.4 Å². The second kappa shape index (κ2) is 6.65. The van der Waals surface area contributed by atoms with E-state index in [1.807, 2.05) is 12.1 Å². The zero-order valence-electron chi connectivity index (χ0n) is 11.9. The third-order valence-electron chi connectivity index (χ3n) is 3.80. The molecule has 1 atom stereocenters. The summed E-state index contributed by atoms with van der Waals surface area (Å²) in [6.07, 6.45) is 3.59. The quantitative estimate of drug-likeness (QED) is 0.883. The first-order valence-corrected chi connectivity index (χ1v) is 7.48. The molecule has 1 N–H and O–H groups in total. The normalized spacial score (nSPS) is 22.9. The summed E-state index contributed by atoms with van der Waals surface area (Å²) >= 11 is 3.38. The van der Waals surface area contributed by atoms with Gasteiger partial charge in [0.25, 0.3) is 0 Å². The number of amides is 1. The molecule has 6 heteroatoms. The summed E-state index contributed by atoms with van der Waals surface area (Å²) in [5.74, 6) is 0.0222. The fraction of sp³-hybridized carbons (Fsp3) is 0.571. The average molecular weight is 342 g/mol. The molecule has 0 aromatic carbocycles. The van der Waals surface area contributed by atoms with E-state index in [-0.39, 0.29) is 5.91 Å². The molecular weight excluding hydrogens is 322 g/mol. The minimum absolute atomic E-state index is 0.0222. The van der Waals surface area contributed by atoms with Gasteiger partial charge in [0.15, 0.2) is 0 Å². The molecule has 0 spiro atoms. The van der Waals surface area contributed by atoms with E-state index in [0.717, 1.165) is 29.6 Å². The lowest BCUT2D eigenvalue weighted by Gasteiger charge is -2.36. The van der Waals surface area contributed by atoms with Crippen LogP contribution in [-0.4, -0.2) is 48.6 Å². The van der Waals surface area contributed by atoms with Gasteiger partial charge in [0.05, 0.1) is 12.3 Å². The van der Waals surface area contributed by atoms with Gasteiger partial charge in [-0.3, -0.25) is 14.7 Å². The topological polar surface area (TPSA) is 54.5 Å². The number of carbonyl (C=O) groups excluding carboxylic acids is 1. The van der Waals surface area contributed by atoms with Gasteiger partial charge >= 0.3 is 0 Å². The Labute approximate surface area is 127 Å². The largest absolute Gasteiger partial charge is 0.382 e. The average Bonchev–Trinajstić information content (AvgIpc) is 2.85. The Morgan fingerprint density at radius 1 is 1.60 bits per heavy atom. The van der Waals surface area contributed by atoms with Crippen molar-refractivity contribution < 1.29 is 9.53 Å². The molecule has 1 unspecified atom stereocenters. The molecule has 0 bridgehead atoms. The number of hydrogen-bond acceptors (Lipinski definition) is 4. The van der Waals surface area contributed by atoms with E-state index < -0.39 is 5.54 Å². The monoisotopic (exact) mass is 341 g/mol. The Balaban J connectivity index is 2.19. The minimum Gasteiger partial charge on any atom is -0.382 e. The molecule has 2 heterocycles. The minimum atomic E-state index is -0.571. The van der Waals surface area contributed by atoms with Crippen LogP contribution in [0.2, 0.25) is 0 Å². The molecule has 0 aliphatic carbocycles. The molecule has 1 aliphatic rings. The molecule has 110 valence electrons. The maximum absolute atomic E-state index is 12.3. The van der Waals surface area contributed by atoms with E-state index in [1.54, 1.807) is 20.4 Å². The van der Waals surface area contributed by atoms with E-state index >= 15 is 0 Å². The van der Waals surface area contributed by atoms with Gasteiger partial charge in [-0.2, -0.15) is 0 Å². The molecule has 20 heavy (non-hydrogen) atoms. The molecule has 1 amide bonds. The lowest BCUT2D eigenvalue weighted by Crippen LogP contribution is -2.57. The molecule has 1 aliphatic heterocycles. The first-order chi connectivity index (χ1) is 9.62. The Bertz CT molecular complexity index is 466. The fourth-order valence-corrected chi connectivity index (χ4v) is 3.05. The number of nitrogens with one attached hydrogen (secondary N) is 1. The smallest absolute Gasteiger partial charge is 0.242 e. The third-order valence-corrected chi connectivity index (χ3v) is 4.27. The van der Waals surface area contributed by atoms with Crippen molar-refractivity contribution >= 4 is 21.8 Å². The molecule has 2 rings (SSSR count). The van der Waals surface area contributed by atoms with E-state index in [1.165, 1.54) is 0 Å². The van der Waals surface area contributed by atoms with Crippen molar-refractivity contribution in [3.63, 3.8) is 0 Å². The highest BCUT2D eigenvalue weighted by molar-refractivity contribution is 9.10. The summed E-state index contributed by atoms with van der Waals surface area (Å²) < 4.78 is 6.26. The van der Waals surface area contributed by atoms with Crippen molar-refractivity contribution in [3.05, 3.63) is 28.5 Å². The highest BCUT2D eigenvalue weighted by atomic mass is 79.9. The number of halogens is 1. The van der Waals surface area contributed by atoms with Gasteiger partial charge in [-0.15, -0.1) is 0 Å². The summed E-state index contributed by atoms with van der Waals surface area (Å²) in [6.45, 7) is 1.95. The molecule has 0 radical (unpaired) electrons. The summed E-state index contributed by atoms with van der Waals surface area (Å²) in [5.41, 5.74) is 0.387. The van der Waals surface area contributed by atoms with Crippen LogP contribution >= 0.6 is 15.9 Å². The van der Waals surface area contributed by atoms with Gasteiger partial charge in [-0.25, -0.2) is 0 Å². The number of nitrogens with zero attached hydrogens (tertiary/aromatic N) is 2. The third kappa shape index (κ3) is 3.02. The number of likely N-dealkylation sites (N-methyl/N-ethyl adjacent to an activating group) is 1. The van der Waals surface area contributed by atoms with Gasteiger partial charge in [0.2, 0.25) is 5.91 Å². The van der Waals surface area contributed by atoms with E-state index in [4.69, 9.17) is 4.74 Å². The van der Waals surface area contributed by atoms with Crippen LogP contribution in [0.3, 0.4) is 0 Å². The van der Waals surface area contributed by atoms with Crippen LogP contribution in [0.15, 0.2) is 22.8 Å². The van der Waals surface area contributed by atoms with Gasteiger partial charge < -0.3 is 10.1 Å². The van der Waals surface area contributed by atoms with Crippen molar-refractivity contribution in [2.75, 3.05) is 27.3 Å². The molecule has 0 saturated carbocycles. The molecule has 1 saturated heterocycles. The van der Waals surface area contributed by atoms with Crippen molar-refractivity contribution in [2.24, 2.45) is 0 Å². The maximum Gasteiger partial charge on any atom is 0.242 e. The molecule has 1 aromatic rings. The molecular formula is C14H20BrN3O2. The lowest BCUT2D eigenvalue weighted by molar-refractivity contribution is -0.135. The number of methoxy groups -OCH3 is 1. The number of pyridine rings is 1. The summed E-state index contributed by atoms with van der Waals surface area (Å²) in [7, 11) is 3.31. The van der Waals surface area contributed by atoms with Crippen LogP contribution in [0, 0.1) is 0 Å². The van der Waals surface area contributed by atoms with E-state index in [9.17, 15) is 4.79 Å². The van der Waals surface area contributed by atoms with Crippen LogP contribution in [0.4, 0.5) is 0 Å². The first kappa shape index (κ1) is 15.4. The van der Waals surface area contributed by atoms with Crippen LogP contribution < -0.4 is 5.32 Å². The lowest BCUT2D eigenvalue weighted by atomic mass is 9.95. The standard InChI is InChI=1S/C14H20BrN3O2/c1-16-13(19)14(10-20-2)6-3-7-18(14)9-12-5-4-11(15)8-17-12/h4-5,8H,3,6-7,9-10H2,1-2H3,(H,16,19). The second-order valence-corrected chi connectivity index (χ2v) is 5.95. The fourth-order valence-electron chi connectivity index (χ4n) is 2.82. The van der Waals surface area contributed by atoms with E-state index in [2.05, 4.69) is 31.1 Å². The second-order valence-electron chi connectivity index (χ2n) is 5.04. The zero-order chi connectivity index (χ0) is 14.6. The van der Waals surface area contributed by atoms with E-state index in [0.29, 0.717) is 13.2 Å². The van der Waals surface area contributed by atoms with Crippen molar-refractivity contribution in [1.29, 1.82) is 0 Å². The van der Waals surface area contributed by atoms with Crippen molar-refractivity contribution in [1.82, 2.24) is 15.2 Å². The summed E-state index contributed by atoms with van der Waals surface area (Å²) in [5, 5.41) is 2.77.